The maximum atomic E-state index is 10.2. The van der Waals surface area contributed by atoms with Crippen LogP contribution >= 0.6 is 0 Å². The molecule has 4 heteroatoms. The molecule has 0 fully saturated rings. The Bertz CT molecular complexity index is 333. The third-order valence-corrected chi connectivity index (χ3v) is 1.35. The molecular weight excluding hydrogens is 170 g/mol. The summed E-state index contributed by atoms with van der Waals surface area (Å²) in [5.74, 6) is -0.530. The first kappa shape index (κ1) is 9.25. The van der Waals surface area contributed by atoms with Crippen molar-refractivity contribution in [2.24, 2.45) is 0 Å². The maximum absolute atomic E-state index is 10.2. The summed E-state index contributed by atoms with van der Waals surface area (Å²) in [6.45, 7) is 0. The van der Waals surface area contributed by atoms with Crippen molar-refractivity contribution in [3.8, 4) is 5.88 Å². The highest BCUT2D eigenvalue weighted by Gasteiger charge is 1.93. The van der Waals surface area contributed by atoms with Gasteiger partial charge < -0.3 is 9.84 Å². The largest absolute Gasteiger partial charge is 0.481 e. The van der Waals surface area contributed by atoms with E-state index in [1.807, 2.05) is 0 Å². The highest BCUT2D eigenvalue weighted by molar-refractivity contribution is 5.84. The van der Waals surface area contributed by atoms with Crippen LogP contribution in [0.15, 0.2) is 24.3 Å². The molecular formula is C9H9NO3. The van der Waals surface area contributed by atoms with E-state index in [1.54, 1.807) is 18.2 Å². The zero-order valence-electron chi connectivity index (χ0n) is 7.10. The fourth-order valence-corrected chi connectivity index (χ4v) is 0.794. The summed E-state index contributed by atoms with van der Waals surface area (Å²) in [4.78, 5) is 14.2. The zero-order valence-corrected chi connectivity index (χ0v) is 7.10. The summed E-state index contributed by atoms with van der Waals surface area (Å²) < 4.78 is 4.87. The Labute approximate surface area is 75.5 Å². The van der Waals surface area contributed by atoms with Gasteiger partial charge in [0.2, 0.25) is 5.88 Å². The van der Waals surface area contributed by atoms with Crippen LogP contribution in [0.1, 0.15) is 5.69 Å². The van der Waals surface area contributed by atoms with Crippen LogP contribution in [0.3, 0.4) is 0 Å². The first-order valence-electron chi connectivity index (χ1n) is 3.64. The van der Waals surface area contributed by atoms with Crippen molar-refractivity contribution < 1.29 is 14.6 Å². The van der Waals surface area contributed by atoms with Crippen LogP contribution in [0, 0.1) is 0 Å². The number of ether oxygens (including phenoxy) is 1. The molecule has 0 aliphatic heterocycles. The molecule has 1 aromatic heterocycles. The van der Waals surface area contributed by atoms with E-state index in [9.17, 15) is 4.79 Å². The third kappa shape index (κ3) is 2.94. The van der Waals surface area contributed by atoms with Crippen molar-refractivity contribution in [3.05, 3.63) is 30.0 Å². The molecule has 1 N–H and O–H groups in total. The van der Waals surface area contributed by atoms with E-state index in [2.05, 4.69) is 4.98 Å². The molecule has 0 saturated heterocycles. The number of nitrogens with zero attached hydrogens (tertiary/aromatic N) is 1. The Morgan fingerprint density at radius 2 is 2.38 bits per heavy atom. The minimum absolute atomic E-state index is 0.465. The lowest BCUT2D eigenvalue weighted by Gasteiger charge is -1.97. The highest BCUT2D eigenvalue weighted by atomic mass is 16.5. The molecule has 0 saturated carbocycles. The minimum atomic E-state index is -0.996. The molecule has 0 spiro atoms. The molecule has 0 radical (unpaired) electrons. The van der Waals surface area contributed by atoms with Crippen LogP contribution in [0.4, 0.5) is 0 Å². The number of hydrogen-bond donors (Lipinski definition) is 1. The van der Waals surface area contributed by atoms with Crippen LogP contribution in [0.2, 0.25) is 0 Å². The molecule has 4 nitrogen and oxygen atoms in total. The van der Waals surface area contributed by atoms with Gasteiger partial charge in [0.15, 0.2) is 0 Å². The smallest absolute Gasteiger partial charge is 0.328 e. The number of methoxy groups -OCH3 is 1. The predicted molar refractivity (Wildman–Crippen MR) is 47.5 cm³/mol. The van der Waals surface area contributed by atoms with Gasteiger partial charge in [-0.1, -0.05) is 6.07 Å². The Morgan fingerprint density at radius 1 is 1.62 bits per heavy atom. The van der Waals surface area contributed by atoms with Crippen LogP contribution < -0.4 is 4.74 Å². The van der Waals surface area contributed by atoms with Crippen LogP contribution in [0.5, 0.6) is 5.88 Å². The number of carboxylic acids is 1. The fourth-order valence-electron chi connectivity index (χ4n) is 0.794. The molecule has 0 atom stereocenters. The minimum Gasteiger partial charge on any atom is -0.481 e. The normalized spacial score (nSPS) is 10.2. The molecule has 0 unspecified atom stereocenters. The quantitative estimate of drug-likeness (QED) is 0.708. The lowest BCUT2D eigenvalue weighted by atomic mass is 10.3. The van der Waals surface area contributed by atoms with Crippen LogP contribution in [0.25, 0.3) is 6.08 Å². The van der Waals surface area contributed by atoms with Gasteiger partial charge in [0.1, 0.15) is 0 Å². The number of aromatic nitrogens is 1. The summed E-state index contributed by atoms with van der Waals surface area (Å²) in [6.07, 6.45) is 2.44. The Balaban J connectivity index is 2.83. The van der Waals surface area contributed by atoms with Gasteiger partial charge in [-0.3, -0.25) is 0 Å². The first-order valence-corrected chi connectivity index (χ1v) is 3.64. The van der Waals surface area contributed by atoms with Crippen LogP contribution in [-0.4, -0.2) is 23.2 Å². The van der Waals surface area contributed by atoms with E-state index in [0.29, 0.717) is 11.6 Å². The second kappa shape index (κ2) is 4.25. The molecule has 13 heavy (non-hydrogen) atoms. The molecule has 1 heterocycles. The Hall–Kier alpha value is -1.84. The van der Waals surface area contributed by atoms with Crippen molar-refractivity contribution in [2.45, 2.75) is 0 Å². The lowest BCUT2D eigenvalue weighted by Crippen LogP contribution is -1.90. The topological polar surface area (TPSA) is 59.4 Å². The SMILES string of the molecule is COc1cccc(C=CC(=O)O)n1. The standard InChI is InChI=1S/C9H9NO3/c1-13-8-4-2-3-7(10-8)5-6-9(11)12/h2-6H,1H3,(H,11,12). The number of hydrogen-bond acceptors (Lipinski definition) is 3. The van der Waals surface area contributed by atoms with Gasteiger partial charge in [-0.05, 0) is 12.1 Å². The average Bonchev–Trinajstić information content (AvgIpc) is 2.15. The number of pyridine rings is 1. The predicted octanol–water partition coefficient (Wildman–Crippen LogP) is 1.19. The van der Waals surface area contributed by atoms with Crippen molar-refractivity contribution in [3.63, 3.8) is 0 Å². The molecule has 0 aliphatic carbocycles. The molecule has 0 bridgehead atoms. The highest BCUT2D eigenvalue weighted by Crippen LogP contribution is 2.07. The van der Waals surface area contributed by atoms with Crippen molar-refractivity contribution in [1.82, 2.24) is 4.98 Å². The van der Waals surface area contributed by atoms with E-state index in [0.717, 1.165) is 6.08 Å². The summed E-state index contributed by atoms with van der Waals surface area (Å²) >= 11 is 0. The number of rotatable bonds is 3. The van der Waals surface area contributed by atoms with Crippen molar-refractivity contribution >= 4 is 12.0 Å². The van der Waals surface area contributed by atoms with Gasteiger partial charge in [0.05, 0.1) is 12.8 Å². The third-order valence-electron chi connectivity index (χ3n) is 1.35. The maximum Gasteiger partial charge on any atom is 0.328 e. The van der Waals surface area contributed by atoms with Gasteiger partial charge >= 0.3 is 5.97 Å². The van der Waals surface area contributed by atoms with E-state index in [1.165, 1.54) is 13.2 Å². The van der Waals surface area contributed by atoms with E-state index < -0.39 is 5.97 Å². The van der Waals surface area contributed by atoms with Crippen LogP contribution in [-0.2, 0) is 4.79 Å². The lowest BCUT2D eigenvalue weighted by molar-refractivity contribution is -0.131. The number of carboxylic acid groups (broad SMARTS) is 1. The Morgan fingerprint density at radius 3 is 3.00 bits per heavy atom. The zero-order chi connectivity index (χ0) is 9.68. The summed E-state index contributed by atoms with van der Waals surface area (Å²) in [5, 5.41) is 8.36. The molecule has 0 aliphatic rings. The van der Waals surface area contributed by atoms with Crippen molar-refractivity contribution in [1.29, 1.82) is 0 Å². The average molecular weight is 179 g/mol. The molecule has 0 amide bonds. The van der Waals surface area contributed by atoms with Gasteiger partial charge in [-0.2, -0.15) is 0 Å². The van der Waals surface area contributed by atoms with E-state index in [4.69, 9.17) is 9.84 Å². The molecule has 1 aromatic rings. The summed E-state index contributed by atoms with van der Waals surface area (Å²) in [7, 11) is 1.51. The summed E-state index contributed by atoms with van der Waals surface area (Å²) in [5.41, 5.74) is 0.557. The van der Waals surface area contributed by atoms with Gasteiger partial charge in [0, 0.05) is 12.1 Å². The van der Waals surface area contributed by atoms with Gasteiger partial charge in [0.25, 0.3) is 0 Å². The first-order chi connectivity index (χ1) is 6.22. The number of carbonyl (C=O) groups is 1. The molecule has 68 valence electrons. The fraction of sp³-hybridized carbons (Fsp3) is 0.111. The second-order valence-electron chi connectivity index (χ2n) is 2.28. The molecule has 1 rings (SSSR count). The second-order valence-corrected chi connectivity index (χ2v) is 2.28. The number of aliphatic carboxylic acids is 1. The Kier molecular flexibility index (Phi) is 3.03. The van der Waals surface area contributed by atoms with Gasteiger partial charge in [-0.25, -0.2) is 9.78 Å². The summed E-state index contributed by atoms with van der Waals surface area (Å²) in [6, 6.07) is 5.13. The monoisotopic (exact) mass is 179 g/mol. The van der Waals surface area contributed by atoms with Crippen molar-refractivity contribution in [2.75, 3.05) is 7.11 Å². The van der Waals surface area contributed by atoms with Gasteiger partial charge in [-0.15, -0.1) is 0 Å². The molecule has 0 aromatic carbocycles. The van der Waals surface area contributed by atoms with E-state index in [-0.39, 0.29) is 0 Å². The van der Waals surface area contributed by atoms with E-state index >= 15 is 0 Å².